The molecule has 1 atom stereocenters. The first kappa shape index (κ1) is 14.0. The van der Waals surface area contributed by atoms with Crippen LogP contribution in [0.25, 0.3) is 11.0 Å². The summed E-state index contributed by atoms with van der Waals surface area (Å²) in [4.78, 5) is 0. The van der Waals surface area contributed by atoms with Crippen LogP contribution in [0.4, 0.5) is 0 Å². The predicted molar refractivity (Wildman–Crippen MR) is 78.1 cm³/mol. The van der Waals surface area contributed by atoms with E-state index in [1.54, 1.807) is 6.07 Å². The van der Waals surface area contributed by atoms with Crippen LogP contribution >= 0.6 is 34.8 Å². The lowest BCUT2D eigenvalue weighted by Gasteiger charge is -2.09. The Labute approximate surface area is 121 Å². The van der Waals surface area contributed by atoms with Gasteiger partial charge in [-0.05, 0) is 26.5 Å². The molecule has 0 saturated heterocycles. The molecule has 0 aliphatic carbocycles. The lowest BCUT2D eigenvalue weighted by molar-refractivity contribution is 0.456. The van der Waals surface area contributed by atoms with Gasteiger partial charge in [0.05, 0.1) is 21.1 Å². The quantitative estimate of drug-likeness (QED) is 0.771. The van der Waals surface area contributed by atoms with Crippen LogP contribution in [0.2, 0.25) is 15.1 Å². The second kappa shape index (κ2) is 5.30. The predicted octanol–water partition coefficient (Wildman–Crippen LogP) is 5.37. The van der Waals surface area contributed by atoms with E-state index in [9.17, 15) is 0 Å². The molecule has 0 spiro atoms. The Bertz CT molecular complexity index is 592. The van der Waals surface area contributed by atoms with Gasteiger partial charge in [-0.15, -0.1) is 0 Å². The van der Waals surface area contributed by atoms with E-state index in [1.807, 2.05) is 20.8 Å². The molecule has 0 saturated carbocycles. The maximum absolute atomic E-state index is 6.23. The topological polar surface area (TPSA) is 25.2 Å². The summed E-state index contributed by atoms with van der Waals surface area (Å²) in [7, 11) is 0. The van der Waals surface area contributed by atoms with Gasteiger partial charge in [-0.25, -0.2) is 0 Å². The van der Waals surface area contributed by atoms with Crippen molar-refractivity contribution in [2.45, 2.75) is 26.8 Å². The van der Waals surface area contributed by atoms with Crippen LogP contribution in [0, 0.1) is 6.92 Å². The van der Waals surface area contributed by atoms with E-state index in [0.29, 0.717) is 20.7 Å². The summed E-state index contributed by atoms with van der Waals surface area (Å²) in [6.07, 6.45) is 0. The minimum atomic E-state index is 0.105. The molecule has 1 aromatic carbocycles. The third-order valence-corrected chi connectivity index (χ3v) is 4.05. The zero-order valence-corrected chi connectivity index (χ0v) is 12.7. The molecular weight excluding hydrogens is 293 g/mol. The summed E-state index contributed by atoms with van der Waals surface area (Å²) in [6.45, 7) is 6.91. The molecule has 0 fully saturated rings. The first-order chi connectivity index (χ1) is 8.47. The highest BCUT2D eigenvalue weighted by Crippen LogP contribution is 2.41. The van der Waals surface area contributed by atoms with Crippen LogP contribution in [0.5, 0.6) is 0 Å². The van der Waals surface area contributed by atoms with Gasteiger partial charge in [0.25, 0.3) is 0 Å². The molecule has 0 aliphatic rings. The highest BCUT2D eigenvalue weighted by atomic mass is 35.5. The Morgan fingerprint density at radius 3 is 2.56 bits per heavy atom. The summed E-state index contributed by atoms with van der Waals surface area (Å²) in [5.74, 6) is 0.845. The van der Waals surface area contributed by atoms with E-state index in [-0.39, 0.29) is 6.04 Å². The second-order valence-corrected chi connectivity index (χ2v) is 5.42. The van der Waals surface area contributed by atoms with Crippen molar-refractivity contribution < 1.29 is 4.42 Å². The molecule has 1 N–H and O–H groups in total. The lowest BCUT2D eigenvalue weighted by atomic mass is 10.1. The monoisotopic (exact) mass is 305 g/mol. The molecule has 0 bridgehead atoms. The van der Waals surface area contributed by atoms with Crippen LogP contribution in [-0.2, 0) is 0 Å². The van der Waals surface area contributed by atoms with Gasteiger partial charge >= 0.3 is 0 Å². The zero-order chi connectivity index (χ0) is 13.4. The van der Waals surface area contributed by atoms with Crippen molar-refractivity contribution in [2.24, 2.45) is 0 Å². The maximum Gasteiger partial charge on any atom is 0.154 e. The standard InChI is InChI=1S/C13H14Cl3NO/c1-4-17-7(3)12-6(2)10-11(16)8(14)5-9(15)13(10)18-12/h5,7,17H,4H2,1-3H3. The average molecular weight is 307 g/mol. The van der Waals surface area contributed by atoms with E-state index in [2.05, 4.69) is 5.32 Å². The summed E-state index contributed by atoms with van der Waals surface area (Å²) in [6, 6.07) is 1.71. The molecular formula is C13H14Cl3NO. The number of rotatable bonds is 3. The number of hydrogen-bond donors (Lipinski definition) is 1. The Kier molecular flexibility index (Phi) is 4.12. The van der Waals surface area contributed by atoms with Crippen LogP contribution in [0.1, 0.15) is 31.2 Å². The minimum absolute atomic E-state index is 0.105. The number of hydrogen-bond acceptors (Lipinski definition) is 2. The van der Waals surface area contributed by atoms with Gasteiger partial charge in [0.15, 0.2) is 5.58 Å². The molecule has 0 radical (unpaired) electrons. The first-order valence-corrected chi connectivity index (χ1v) is 6.90. The van der Waals surface area contributed by atoms with E-state index in [1.165, 1.54) is 0 Å². The van der Waals surface area contributed by atoms with Crippen molar-refractivity contribution in [1.29, 1.82) is 0 Å². The normalized spacial score (nSPS) is 13.2. The average Bonchev–Trinajstić information content (AvgIpc) is 2.65. The molecule has 0 aliphatic heterocycles. The Hall–Kier alpha value is -0.410. The Balaban J connectivity index is 2.70. The summed E-state index contributed by atoms with van der Waals surface area (Å²) in [5, 5.41) is 5.53. The maximum atomic E-state index is 6.23. The Morgan fingerprint density at radius 1 is 1.28 bits per heavy atom. The number of nitrogens with one attached hydrogen (secondary N) is 1. The number of halogens is 3. The number of furan rings is 1. The second-order valence-electron chi connectivity index (χ2n) is 4.23. The number of benzene rings is 1. The minimum Gasteiger partial charge on any atom is -0.457 e. The molecule has 0 amide bonds. The fourth-order valence-corrected chi connectivity index (χ4v) is 2.92. The third kappa shape index (κ3) is 2.23. The SMILES string of the molecule is CCNC(C)c1oc2c(Cl)cc(Cl)c(Cl)c2c1C. The molecule has 2 rings (SSSR count). The van der Waals surface area contributed by atoms with Crippen LogP contribution in [0.15, 0.2) is 10.5 Å². The summed E-state index contributed by atoms with van der Waals surface area (Å²) < 4.78 is 5.84. The smallest absolute Gasteiger partial charge is 0.154 e. The van der Waals surface area contributed by atoms with Crippen molar-refractivity contribution in [2.75, 3.05) is 6.54 Å². The molecule has 2 aromatic rings. The molecule has 98 valence electrons. The van der Waals surface area contributed by atoms with E-state index in [0.717, 1.165) is 23.3 Å². The van der Waals surface area contributed by atoms with Crippen LogP contribution in [0.3, 0.4) is 0 Å². The highest BCUT2D eigenvalue weighted by molar-refractivity contribution is 6.47. The van der Waals surface area contributed by atoms with Crippen LogP contribution in [-0.4, -0.2) is 6.54 Å². The van der Waals surface area contributed by atoms with Gasteiger partial charge < -0.3 is 9.73 Å². The number of aryl methyl sites for hydroxylation is 1. The molecule has 1 aromatic heterocycles. The van der Waals surface area contributed by atoms with E-state index in [4.69, 9.17) is 39.2 Å². The van der Waals surface area contributed by atoms with Crippen molar-refractivity contribution in [1.82, 2.24) is 5.32 Å². The fourth-order valence-electron chi connectivity index (χ4n) is 2.14. The Morgan fingerprint density at radius 2 is 1.94 bits per heavy atom. The lowest BCUT2D eigenvalue weighted by Crippen LogP contribution is -2.17. The van der Waals surface area contributed by atoms with Crippen molar-refractivity contribution >= 4 is 45.8 Å². The summed E-state index contributed by atoms with van der Waals surface area (Å²) in [5.41, 5.74) is 1.58. The van der Waals surface area contributed by atoms with Crippen LogP contribution < -0.4 is 5.32 Å². The van der Waals surface area contributed by atoms with Crippen molar-refractivity contribution in [3.05, 3.63) is 32.5 Å². The van der Waals surface area contributed by atoms with Gasteiger partial charge in [-0.1, -0.05) is 41.7 Å². The number of fused-ring (bicyclic) bond motifs is 1. The summed E-state index contributed by atoms with van der Waals surface area (Å²) >= 11 is 18.4. The first-order valence-electron chi connectivity index (χ1n) is 5.77. The zero-order valence-electron chi connectivity index (χ0n) is 10.4. The molecule has 1 heterocycles. The van der Waals surface area contributed by atoms with Crippen molar-refractivity contribution in [3.8, 4) is 0 Å². The van der Waals surface area contributed by atoms with E-state index >= 15 is 0 Å². The van der Waals surface area contributed by atoms with Crippen molar-refractivity contribution in [3.63, 3.8) is 0 Å². The molecule has 1 unspecified atom stereocenters. The van der Waals surface area contributed by atoms with Gasteiger partial charge in [0.1, 0.15) is 5.76 Å². The molecule has 18 heavy (non-hydrogen) atoms. The third-order valence-electron chi connectivity index (χ3n) is 2.99. The fraction of sp³-hybridized carbons (Fsp3) is 0.385. The van der Waals surface area contributed by atoms with E-state index < -0.39 is 0 Å². The van der Waals surface area contributed by atoms with Gasteiger partial charge in [-0.2, -0.15) is 0 Å². The molecule has 5 heteroatoms. The highest BCUT2D eigenvalue weighted by Gasteiger charge is 2.21. The van der Waals surface area contributed by atoms with Gasteiger partial charge in [-0.3, -0.25) is 0 Å². The van der Waals surface area contributed by atoms with Gasteiger partial charge in [0, 0.05) is 10.9 Å². The van der Waals surface area contributed by atoms with Gasteiger partial charge in [0.2, 0.25) is 0 Å². The largest absolute Gasteiger partial charge is 0.457 e. The molecule has 2 nitrogen and oxygen atoms in total.